The van der Waals surface area contributed by atoms with Crippen LogP contribution in [0.1, 0.15) is 38.1 Å². The van der Waals surface area contributed by atoms with Crippen LogP contribution in [0.5, 0.6) is 5.75 Å². The fourth-order valence-electron chi connectivity index (χ4n) is 3.34. The number of carbonyl (C=O) groups excluding carboxylic acids is 2. The van der Waals surface area contributed by atoms with Gasteiger partial charge in [-0.2, -0.15) is 5.10 Å². The smallest absolute Gasteiger partial charge is 0.291 e. The van der Waals surface area contributed by atoms with Gasteiger partial charge in [0.25, 0.3) is 11.8 Å². The average molecular weight is 460 g/mol. The predicted octanol–water partition coefficient (Wildman–Crippen LogP) is 4.10. The molecule has 9 nitrogen and oxygen atoms in total. The minimum atomic E-state index is -0.508. The van der Waals surface area contributed by atoms with Gasteiger partial charge in [-0.3, -0.25) is 14.3 Å². The summed E-state index contributed by atoms with van der Waals surface area (Å²) in [6.45, 7) is 4.13. The topological polar surface area (TPSA) is 112 Å². The van der Waals surface area contributed by atoms with Crippen LogP contribution in [-0.4, -0.2) is 21.6 Å². The molecule has 0 saturated carbocycles. The molecule has 0 aliphatic heterocycles. The summed E-state index contributed by atoms with van der Waals surface area (Å²) in [4.78, 5) is 25.4. The monoisotopic (exact) mass is 460 g/mol. The minimum absolute atomic E-state index is 0.0868. The Balaban J connectivity index is 1.38. The van der Waals surface area contributed by atoms with E-state index in [-0.39, 0.29) is 30.3 Å². The highest BCUT2D eigenvalue weighted by Gasteiger charge is 2.21. The van der Waals surface area contributed by atoms with Crippen LogP contribution in [0.25, 0.3) is 0 Å². The molecular formula is C25H24N4O5. The molecule has 0 fully saturated rings. The maximum atomic E-state index is 12.7. The van der Waals surface area contributed by atoms with Crippen molar-refractivity contribution in [3.05, 3.63) is 102 Å². The summed E-state index contributed by atoms with van der Waals surface area (Å²) in [5, 5.41) is 9.50. The van der Waals surface area contributed by atoms with E-state index in [1.54, 1.807) is 31.3 Å². The Morgan fingerprint density at radius 1 is 1.12 bits per heavy atom. The molecule has 174 valence electrons. The van der Waals surface area contributed by atoms with Crippen LogP contribution >= 0.6 is 0 Å². The second-order valence-electron chi connectivity index (χ2n) is 7.40. The Kier molecular flexibility index (Phi) is 6.92. The molecule has 0 saturated heterocycles. The van der Waals surface area contributed by atoms with Crippen molar-refractivity contribution in [1.82, 2.24) is 15.1 Å². The van der Waals surface area contributed by atoms with Crippen LogP contribution in [0.3, 0.4) is 0 Å². The Bertz CT molecular complexity index is 1290. The van der Waals surface area contributed by atoms with Crippen LogP contribution in [0, 0.1) is 0 Å². The van der Waals surface area contributed by atoms with Crippen molar-refractivity contribution in [2.75, 3.05) is 5.32 Å². The Morgan fingerprint density at radius 2 is 1.97 bits per heavy atom. The Hall–Kier alpha value is -4.53. The molecule has 0 unspecified atom stereocenters. The number of furan rings is 2. The van der Waals surface area contributed by atoms with E-state index in [4.69, 9.17) is 13.6 Å². The number of nitrogens with one attached hydrogen (secondary N) is 2. The van der Waals surface area contributed by atoms with Gasteiger partial charge in [-0.05, 0) is 42.3 Å². The first-order chi connectivity index (χ1) is 16.5. The summed E-state index contributed by atoms with van der Waals surface area (Å²) in [5.41, 5.74) is 1.47. The molecule has 3 heterocycles. The third-order valence-corrected chi connectivity index (χ3v) is 5.00. The van der Waals surface area contributed by atoms with E-state index >= 15 is 0 Å². The maximum Gasteiger partial charge on any atom is 0.291 e. The second-order valence-corrected chi connectivity index (χ2v) is 7.40. The lowest BCUT2D eigenvalue weighted by Crippen LogP contribution is -2.26. The first-order valence-electron chi connectivity index (χ1n) is 10.6. The molecule has 0 aliphatic rings. The van der Waals surface area contributed by atoms with Gasteiger partial charge in [0.2, 0.25) is 0 Å². The number of ether oxygens (including phenoxy) is 1. The van der Waals surface area contributed by atoms with Gasteiger partial charge in [0.05, 0.1) is 24.7 Å². The number of rotatable bonds is 10. The molecule has 4 rings (SSSR count). The number of aromatic nitrogens is 2. The highest BCUT2D eigenvalue weighted by Crippen LogP contribution is 2.21. The molecule has 0 atom stereocenters. The van der Waals surface area contributed by atoms with Gasteiger partial charge in [0, 0.05) is 7.05 Å². The Morgan fingerprint density at radius 3 is 2.76 bits per heavy atom. The molecule has 34 heavy (non-hydrogen) atoms. The van der Waals surface area contributed by atoms with Crippen LogP contribution in [0.4, 0.5) is 5.69 Å². The molecule has 0 radical (unpaired) electrons. The largest absolute Gasteiger partial charge is 0.485 e. The van der Waals surface area contributed by atoms with Crippen LogP contribution in [0.2, 0.25) is 0 Å². The lowest BCUT2D eigenvalue weighted by atomic mass is 10.1. The van der Waals surface area contributed by atoms with E-state index in [9.17, 15) is 9.59 Å². The standard InChI is InChI=1S/C25H24N4O5/c1-3-7-17-8-4-5-10-21(17)33-16-19-11-12-22(34-19)24(30)28-20-15-27-29(2)23(20)25(31)26-14-18-9-6-13-32-18/h3-6,8-13,15H,1,7,14,16H2,2H3,(H,26,31)(H,28,30). The number of para-hydroxylation sites is 1. The van der Waals surface area contributed by atoms with E-state index in [1.165, 1.54) is 17.1 Å². The van der Waals surface area contributed by atoms with E-state index < -0.39 is 11.8 Å². The van der Waals surface area contributed by atoms with Crippen LogP contribution in [-0.2, 0) is 26.6 Å². The zero-order valence-corrected chi connectivity index (χ0v) is 18.6. The summed E-state index contributed by atoms with van der Waals surface area (Å²) in [5.74, 6) is 0.999. The predicted molar refractivity (Wildman–Crippen MR) is 124 cm³/mol. The van der Waals surface area contributed by atoms with Gasteiger partial charge in [0.15, 0.2) is 5.76 Å². The van der Waals surface area contributed by atoms with Gasteiger partial charge >= 0.3 is 0 Å². The number of benzene rings is 1. The zero-order valence-electron chi connectivity index (χ0n) is 18.6. The van der Waals surface area contributed by atoms with Crippen molar-refractivity contribution in [2.45, 2.75) is 19.6 Å². The molecule has 9 heteroatoms. The van der Waals surface area contributed by atoms with Gasteiger partial charge in [0.1, 0.15) is 29.6 Å². The molecule has 0 bridgehead atoms. The Labute approximate surface area is 196 Å². The van der Waals surface area contributed by atoms with E-state index in [2.05, 4.69) is 22.3 Å². The van der Waals surface area contributed by atoms with E-state index in [0.717, 1.165) is 11.3 Å². The number of aryl methyl sites for hydroxylation is 1. The molecule has 2 N–H and O–H groups in total. The molecule has 4 aromatic rings. The van der Waals surface area contributed by atoms with Crippen molar-refractivity contribution in [1.29, 1.82) is 0 Å². The number of allylic oxidation sites excluding steroid dienone is 1. The van der Waals surface area contributed by atoms with Crippen molar-refractivity contribution in [2.24, 2.45) is 7.05 Å². The normalized spacial score (nSPS) is 10.6. The molecule has 0 spiro atoms. The quantitative estimate of drug-likeness (QED) is 0.345. The third-order valence-electron chi connectivity index (χ3n) is 5.00. The number of hydrogen-bond donors (Lipinski definition) is 2. The molecule has 2 amide bonds. The summed E-state index contributed by atoms with van der Waals surface area (Å²) in [6, 6.07) is 14.4. The SMILES string of the molecule is C=CCc1ccccc1OCc1ccc(C(=O)Nc2cnn(C)c2C(=O)NCc2ccco2)o1. The van der Waals surface area contributed by atoms with Crippen LogP contribution < -0.4 is 15.4 Å². The van der Waals surface area contributed by atoms with Crippen molar-refractivity contribution in [3.8, 4) is 5.75 Å². The molecule has 3 aromatic heterocycles. The number of nitrogens with zero attached hydrogens (tertiary/aromatic N) is 2. The summed E-state index contributed by atoms with van der Waals surface area (Å²) in [7, 11) is 1.62. The molecular weight excluding hydrogens is 436 g/mol. The third kappa shape index (κ3) is 5.26. The van der Waals surface area contributed by atoms with Crippen molar-refractivity contribution in [3.63, 3.8) is 0 Å². The fourth-order valence-corrected chi connectivity index (χ4v) is 3.34. The van der Waals surface area contributed by atoms with Gasteiger partial charge in [-0.1, -0.05) is 24.3 Å². The highest BCUT2D eigenvalue weighted by molar-refractivity contribution is 6.07. The first kappa shape index (κ1) is 22.7. The van der Waals surface area contributed by atoms with E-state index in [0.29, 0.717) is 17.9 Å². The van der Waals surface area contributed by atoms with Gasteiger partial charge in [-0.25, -0.2) is 0 Å². The van der Waals surface area contributed by atoms with Crippen molar-refractivity contribution >= 4 is 17.5 Å². The maximum absolute atomic E-state index is 12.7. The van der Waals surface area contributed by atoms with E-state index in [1.807, 2.05) is 30.3 Å². The number of hydrogen-bond acceptors (Lipinski definition) is 6. The minimum Gasteiger partial charge on any atom is -0.485 e. The molecule has 1 aromatic carbocycles. The number of anilines is 1. The highest BCUT2D eigenvalue weighted by atomic mass is 16.5. The van der Waals surface area contributed by atoms with Crippen LogP contribution in [0.15, 0.2) is 82.5 Å². The zero-order chi connectivity index (χ0) is 23.9. The number of carbonyl (C=O) groups is 2. The summed E-state index contributed by atoms with van der Waals surface area (Å²) >= 11 is 0. The lowest BCUT2D eigenvalue weighted by Gasteiger charge is -2.09. The summed E-state index contributed by atoms with van der Waals surface area (Å²) in [6.07, 6.45) is 5.43. The van der Waals surface area contributed by atoms with Gasteiger partial charge < -0.3 is 24.2 Å². The number of amides is 2. The lowest BCUT2D eigenvalue weighted by molar-refractivity contribution is 0.0939. The van der Waals surface area contributed by atoms with Crippen molar-refractivity contribution < 1.29 is 23.2 Å². The molecule has 0 aliphatic carbocycles. The first-order valence-corrected chi connectivity index (χ1v) is 10.6. The summed E-state index contributed by atoms with van der Waals surface area (Å²) < 4.78 is 18.1. The second kappa shape index (κ2) is 10.4. The van der Waals surface area contributed by atoms with Gasteiger partial charge in [-0.15, -0.1) is 6.58 Å². The fraction of sp³-hybridized carbons (Fsp3) is 0.160. The average Bonchev–Trinajstić information content (AvgIpc) is 3.59.